The van der Waals surface area contributed by atoms with Gasteiger partial charge in [-0.15, -0.1) is 0 Å². The summed E-state index contributed by atoms with van der Waals surface area (Å²) in [6, 6.07) is 0. The van der Waals surface area contributed by atoms with Gasteiger partial charge in [-0.25, -0.2) is 0 Å². The zero-order chi connectivity index (χ0) is 11.5. The number of ether oxygens (including phenoxy) is 1. The Kier molecular flexibility index (Phi) is 10.3. The lowest BCUT2D eigenvalue weighted by molar-refractivity contribution is -0.143. The van der Waals surface area contributed by atoms with Gasteiger partial charge >= 0.3 is 5.97 Å². The number of hydrogen-bond acceptors (Lipinski definition) is 3. The van der Waals surface area contributed by atoms with Crippen molar-refractivity contribution in [1.29, 1.82) is 0 Å². The van der Waals surface area contributed by atoms with Gasteiger partial charge in [0, 0.05) is 0 Å². The normalized spacial score (nSPS) is 12.1. The number of unbranched alkanes of at least 4 members (excludes halogenated alkanes) is 5. The number of carbonyl (C=O) groups is 2. The molecule has 0 aromatic carbocycles. The molecule has 4 heteroatoms. The average Bonchev–Trinajstić information content (AvgIpc) is 2.26. The lowest BCUT2D eigenvalue weighted by atomic mass is 10.1. The van der Waals surface area contributed by atoms with Crippen LogP contribution in [-0.2, 0) is 14.3 Å². The minimum absolute atomic E-state index is 0.417. The van der Waals surface area contributed by atoms with Gasteiger partial charge in [0.25, 0.3) is 0 Å². The fourth-order valence-corrected chi connectivity index (χ4v) is 1.37. The molecule has 0 aliphatic heterocycles. The van der Waals surface area contributed by atoms with Gasteiger partial charge in [0.1, 0.15) is 6.29 Å². The molecule has 88 valence electrons. The molecule has 0 saturated carbocycles. The molecule has 0 amide bonds. The summed E-state index contributed by atoms with van der Waals surface area (Å²) in [6.07, 6.45) is 7.58. The Morgan fingerprint density at radius 1 is 1.27 bits per heavy atom. The van der Waals surface area contributed by atoms with E-state index in [-0.39, 0.29) is 0 Å². The Morgan fingerprint density at radius 2 is 1.87 bits per heavy atom. The van der Waals surface area contributed by atoms with Gasteiger partial charge in [-0.05, 0) is 6.42 Å². The zero-order valence-corrected chi connectivity index (χ0v) is 11.4. The van der Waals surface area contributed by atoms with Crippen molar-refractivity contribution in [3.63, 3.8) is 0 Å². The van der Waals surface area contributed by atoms with Crippen molar-refractivity contribution in [2.75, 3.05) is 6.61 Å². The Bertz CT molecular complexity index is 183. The molecule has 1 unspecified atom stereocenters. The van der Waals surface area contributed by atoms with Crippen LogP contribution in [-0.4, -0.2) is 22.8 Å². The first-order valence-corrected chi connectivity index (χ1v) is 6.73. The number of carbonyl (C=O) groups excluding carboxylic acids is 2. The SMILES string of the molecule is CCCCCCCCOC(=O)C(I)C=O. The third-order valence-corrected chi connectivity index (χ3v) is 2.89. The van der Waals surface area contributed by atoms with E-state index in [0.717, 1.165) is 12.8 Å². The summed E-state index contributed by atoms with van der Waals surface area (Å²) in [7, 11) is 0. The first kappa shape index (κ1) is 14.9. The van der Waals surface area contributed by atoms with Crippen molar-refractivity contribution in [3.05, 3.63) is 0 Å². The second-order valence-corrected chi connectivity index (χ2v) is 4.82. The maximum atomic E-state index is 11.0. The maximum absolute atomic E-state index is 11.0. The number of hydrogen-bond donors (Lipinski definition) is 0. The van der Waals surface area contributed by atoms with Crippen molar-refractivity contribution in [3.8, 4) is 0 Å². The largest absolute Gasteiger partial charge is 0.465 e. The number of aldehydes is 1. The van der Waals surface area contributed by atoms with Crippen molar-refractivity contribution < 1.29 is 14.3 Å². The van der Waals surface area contributed by atoms with Crippen LogP contribution in [0.4, 0.5) is 0 Å². The van der Waals surface area contributed by atoms with Crippen LogP contribution in [0.15, 0.2) is 0 Å². The van der Waals surface area contributed by atoms with Crippen molar-refractivity contribution in [1.82, 2.24) is 0 Å². The molecule has 0 heterocycles. The first-order chi connectivity index (χ1) is 7.22. The number of alkyl halides is 1. The topological polar surface area (TPSA) is 43.4 Å². The van der Waals surface area contributed by atoms with Crippen molar-refractivity contribution in [2.45, 2.75) is 49.4 Å². The van der Waals surface area contributed by atoms with Crippen LogP contribution in [0.3, 0.4) is 0 Å². The van der Waals surface area contributed by atoms with Crippen molar-refractivity contribution >= 4 is 34.8 Å². The van der Waals surface area contributed by atoms with Gasteiger partial charge in [0.2, 0.25) is 0 Å². The highest BCUT2D eigenvalue weighted by Gasteiger charge is 2.13. The molecule has 0 aromatic heterocycles. The fraction of sp³-hybridized carbons (Fsp3) is 0.818. The average molecular weight is 326 g/mol. The van der Waals surface area contributed by atoms with Crippen LogP contribution in [0.2, 0.25) is 0 Å². The van der Waals surface area contributed by atoms with Gasteiger partial charge in [-0.2, -0.15) is 0 Å². The summed E-state index contributed by atoms with van der Waals surface area (Å²) in [5.74, 6) is -0.417. The predicted molar refractivity (Wildman–Crippen MR) is 68.2 cm³/mol. The predicted octanol–water partition coefficient (Wildman–Crippen LogP) is 2.89. The minimum Gasteiger partial charge on any atom is -0.465 e. The first-order valence-electron chi connectivity index (χ1n) is 5.48. The minimum atomic E-state index is -0.650. The number of esters is 1. The van der Waals surface area contributed by atoms with Gasteiger partial charge in [-0.3, -0.25) is 4.79 Å². The van der Waals surface area contributed by atoms with E-state index in [1.165, 1.54) is 25.7 Å². The summed E-state index contributed by atoms with van der Waals surface area (Å²) >= 11 is 1.77. The van der Waals surface area contributed by atoms with E-state index in [0.29, 0.717) is 12.9 Å². The Hall–Kier alpha value is -0.130. The monoisotopic (exact) mass is 326 g/mol. The maximum Gasteiger partial charge on any atom is 0.326 e. The standard InChI is InChI=1S/C11H19IO3/c1-2-3-4-5-6-7-8-15-11(14)10(12)9-13/h9-10H,2-8H2,1H3. The molecule has 3 nitrogen and oxygen atoms in total. The van der Waals surface area contributed by atoms with Crippen molar-refractivity contribution in [2.24, 2.45) is 0 Å². The van der Waals surface area contributed by atoms with E-state index < -0.39 is 9.89 Å². The molecule has 0 aromatic rings. The lowest BCUT2D eigenvalue weighted by Crippen LogP contribution is -2.18. The number of halogens is 1. The third-order valence-electron chi connectivity index (χ3n) is 2.09. The van der Waals surface area contributed by atoms with Crippen LogP contribution >= 0.6 is 22.6 Å². The third kappa shape index (κ3) is 8.84. The summed E-state index contributed by atoms with van der Waals surface area (Å²) < 4.78 is 4.27. The van der Waals surface area contributed by atoms with E-state index in [2.05, 4.69) is 6.92 Å². The van der Waals surface area contributed by atoms with Gasteiger partial charge in [0.05, 0.1) is 6.61 Å². The smallest absolute Gasteiger partial charge is 0.326 e. The molecule has 0 radical (unpaired) electrons. The van der Waals surface area contributed by atoms with Crippen LogP contribution < -0.4 is 0 Å². The summed E-state index contributed by atoms with van der Waals surface area (Å²) in [5, 5.41) is 0. The molecule has 0 N–H and O–H groups in total. The molecule has 0 spiro atoms. The molecule has 1 atom stereocenters. The molecule has 15 heavy (non-hydrogen) atoms. The van der Waals surface area contributed by atoms with Gasteiger partial charge in [-0.1, -0.05) is 61.6 Å². The molecule has 0 bridgehead atoms. The van der Waals surface area contributed by atoms with Gasteiger partial charge in [0.15, 0.2) is 3.92 Å². The molecule has 0 rings (SSSR count). The Labute approximate surface area is 105 Å². The Balaban J connectivity index is 3.23. The Morgan fingerprint density at radius 3 is 2.47 bits per heavy atom. The molecule has 0 aliphatic carbocycles. The van der Waals surface area contributed by atoms with Crippen LogP contribution in [0.1, 0.15) is 45.4 Å². The fourth-order valence-electron chi connectivity index (χ4n) is 1.19. The second-order valence-electron chi connectivity index (χ2n) is 3.47. The molecule has 0 saturated heterocycles. The van der Waals surface area contributed by atoms with Crippen LogP contribution in [0, 0.1) is 0 Å². The lowest BCUT2D eigenvalue weighted by Gasteiger charge is -2.05. The van der Waals surface area contributed by atoms with E-state index >= 15 is 0 Å². The molecular formula is C11H19IO3. The van der Waals surface area contributed by atoms with E-state index in [1.54, 1.807) is 22.6 Å². The molecule has 0 fully saturated rings. The van der Waals surface area contributed by atoms with Crippen LogP contribution in [0.5, 0.6) is 0 Å². The summed E-state index contributed by atoms with van der Waals surface area (Å²) in [5.41, 5.74) is 0. The highest BCUT2D eigenvalue weighted by molar-refractivity contribution is 14.1. The molecule has 0 aliphatic rings. The van der Waals surface area contributed by atoms with Crippen LogP contribution in [0.25, 0.3) is 0 Å². The highest BCUT2D eigenvalue weighted by Crippen LogP contribution is 2.06. The quantitative estimate of drug-likeness (QED) is 0.163. The molecular weight excluding hydrogens is 307 g/mol. The van der Waals surface area contributed by atoms with E-state index in [1.807, 2.05) is 0 Å². The summed E-state index contributed by atoms with van der Waals surface area (Å²) in [6.45, 7) is 2.63. The highest BCUT2D eigenvalue weighted by atomic mass is 127. The second kappa shape index (κ2) is 10.4. The zero-order valence-electron chi connectivity index (χ0n) is 9.21. The van der Waals surface area contributed by atoms with E-state index in [9.17, 15) is 9.59 Å². The van der Waals surface area contributed by atoms with Gasteiger partial charge < -0.3 is 9.53 Å². The number of rotatable bonds is 9. The summed E-state index contributed by atoms with van der Waals surface area (Å²) in [4.78, 5) is 21.3. The van der Waals surface area contributed by atoms with E-state index in [4.69, 9.17) is 4.74 Å².